The zero-order valence-electron chi connectivity index (χ0n) is 15.3. The van der Waals surface area contributed by atoms with Crippen molar-refractivity contribution >= 4 is 41.3 Å². The number of aryl methyl sites for hydroxylation is 2. The van der Waals surface area contributed by atoms with Gasteiger partial charge in [-0.3, -0.25) is 4.99 Å². The normalized spacial score (nSPS) is 11.1. The minimum atomic E-state index is 0. The average molecular weight is 474 g/mol. The van der Waals surface area contributed by atoms with Crippen molar-refractivity contribution in [2.75, 3.05) is 13.7 Å². The first-order valence-electron chi connectivity index (χ1n) is 8.16. The maximum Gasteiger partial charge on any atom is 0.191 e. The quantitative estimate of drug-likeness (QED) is 0.365. The Hall–Kier alpha value is -1.19. The number of aromatic nitrogens is 1. The van der Waals surface area contributed by atoms with Crippen molar-refractivity contribution in [1.82, 2.24) is 15.6 Å². The minimum Gasteiger partial charge on any atom is -0.377 e. The Morgan fingerprint density at radius 2 is 1.84 bits per heavy atom. The lowest BCUT2D eigenvalue weighted by molar-refractivity contribution is 0.133. The van der Waals surface area contributed by atoms with Crippen LogP contribution in [0.25, 0.3) is 0 Å². The van der Waals surface area contributed by atoms with Crippen LogP contribution in [0.2, 0.25) is 0 Å². The number of benzene rings is 1. The van der Waals surface area contributed by atoms with E-state index in [4.69, 9.17) is 4.74 Å². The molecule has 1 aromatic heterocycles. The van der Waals surface area contributed by atoms with Gasteiger partial charge in [-0.2, -0.15) is 0 Å². The molecule has 2 rings (SSSR count). The topological polar surface area (TPSA) is 58.5 Å². The molecule has 0 saturated heterocycles. The maximum atomic E-state index is 5.53. The van der Waals surface area contributed by atoms with Gasteiger partial charge in [0.2, 0.25) is 0 Å². The maximum absolute atomic E-state index is 5.53. The fraction of sp³-hybridized carbons (Fsp3) is 0.444. The summed E-state index contributed by atoms with van der Waals surface area (Å²) in [5, 5.41) is 7.74. The SMILES string of the molecule is CCOCc1ccccc1CNC(=NC)NCc1nc(C)c(C)s1.I. The molecule has 0 aliphatic rings. The van der Waals surface area contributed by atoms with Gasteiger partial charge in [-0.1, -0.05) is 24.3 Å². The Kier molecular flexibility index (Phi) is 9.99. The van der Waals surface area contributed by atoms with Crippen molar-refractivity contribution < 1.29 is 4.74 Å². The zero-order chi connectivity index (χ0) is 17.4. The monoisotopic (exact) mass is 474 g/mol. The first kappa shape index (κ1) is 21.9. The van der Waals surface area contributed by atoms with E-state index in [-0.39, 0.29) is 24.0 Å². The van der Waals surface area contributed by atoms with Crippen molar-refractivity contribution in [3.63, 3.8) is 0 Å². The second kappa shape index (κ2) is 11.4. The van der Waals surface area contributed by atoms with Gasteiger partial charge in [-0.15, -0.1) is 35.3 Å². The number of aliphatic imine (C=N–C) groups is 1. The summed E-state index contributed by atoms with van der Waals surface area (Å²) in [5.41, 5.74) is 3.52. The first-order chi connectivity index (χ1) is 11.6. The fourth-order valence-electron chi connectivity index (χ4n) is 2.26. The van der Waals surface area contributed by atoms with E-state index in [1.165, 1.54) is 16.0 Å². The molecule has 25 heavy (non-hydrogen) atoms. The summed E-state index contributed by atoms with van der Waals surface area (Å²) in [5.74, 6) is 0.770. The van der Waals surface area contributed by atoms with Crippen LogP contribution >= 0.6 is 35.3 Å². The second-order valence-electron chi connectivity index (χ2n) is 5.43. The third-order valence-corrected chi connectivity index (χ3v) is 4.80. The molecule has 0 saturated carbocycles. The second-order valence-corrected chi connectivity index (χ2v) is 6.72. The Morgan fingerprint density at radius 3 is 2.44 bits per heavy atom. The highest BCUT2D eigenvalue weighted by Crippen LogP contribution is 2.16. The Bertz CT molecular complexity index is 668. The van der Waals surface area contributed by atoms with Gasteiger partial charge in [0.25, 0.3) is 0 Å². The van der Waals surface area contributed by atoms with E-state index in [1.807, 2.05) is 26.0 Å². The molecule has 1 aromatic carbocycles. The van der Waals surface area contributed by atoms with Crippen LogP contribution in [0.4, 0.5) is 0 Å². The van der Waals surface area contributed by atoms with Gasteiger partial charge in [-0.25, -0.2) is 4.98 Å². The summed E-state index contributed by atoms with van der Waals surface area (Å²) in [6, 6.07) is 8.30. The van der Waals surface area contributed by atoms with Crippen molar-refractivity contribution in [3.8, 4) is 0 Å². The van der Waals surface area contributed by atoms with Crippen LogP contribution < -0.4 is 10.6 Å². The van der Waals surface area contributed by atoms with Crippen LogP contribution in [0.15, 0.2) is 29.3 Å². The van der Waals surface area contributed by atoms with Gasteiger partial charge < -0.3 is 15.4 Å². The molecule has 2 aromatic rings. The van der Waals surface area contributed by atoms with Crippen LogP contribution in [0.3, 0.4) is 0 Å². The van der Waals surface area contributed by atoms with Gasteiger partial charge in [0.1, 0.15) is 5.01 Å². The van der Waals surface area contributed by atoms with E-state index in [0.717, 1.165) is 23.3 Å². The van der Waals surface area contributed by atoms with E-state index in [1.54, 1.807) is 18.4 Å². The lowest BCUT2D eigenvalue weighted by atomic mass is 10.1. The lowest BCUT2D eigenvalue weighted by Gasteiger charge is -2.13. The Morgan fingerprint density at radius 1 is 1.16 bits per heavy atom. The molecular weight excluding hydrogens is 447 g/mol. The van der Waals surface area contributed by atoms with Gasteiger partial charge in [0, 0.05) is 25.1 Å². The standard InChI is InChI=1S/C18H26N4OS.HI/c1-5-23-12-16-9-7-6-8-15(16)10-20-18(19-4)21-11-17-22-13(2)14(3)24-17;/h6-9H,5,10-12H2,1-4H3,(H2,19,20,21);1H. The third kappa shape index (κ3) is 6.91. The summed E-state index contributed by atoms with van der Waals surface area (Å²) in [4.78, 5) is 10.1. The largest absolute Gasteiger partial charge is 0.377 e. The summed E-state index contributed by atoms with van der Waals surface area (Å²) in [7, 11) is 1.78. The summed E-state index contributed by atoms with van der Waals surface area (Å²) in [6.45, 7) is 8.89. The van der Waals surface area contributed by atoms with Crippen LogP contribution in [0.1, 0.15) is 33.6 Å². The van der Waals surface area contributed by atoms with Crippen molar-refractivity contribution in [2.24, 2.45) is 4.99 Å². The molecule has 0 aliphatic carbocycles. The van der Waals surface area contributed by atoms with E-state index in [0.29, 0.717) is 19.7 Å². The van der Waals surface area contributed by atoms with E-state index >= 15 is 0 Å². The number of ether oxygens (including phenoxy) is 1. The van der Waals surface area contributed by atoms with Crippen molar-refractivity contribution in [2.45, 2.75) is 40.5 Å². The number of hydrogen-bond donors (Lipinski definition) is 2. The number of halogens is 1. The number of hydrogen-bond acceptors (Lipinski definition) is 4. The molecule has 0 radical (unpaired) electrons. The van der Waals surface area contributed by atoms with Crippen molar-refractivity contribution in [1.29, 1.82) is 0 Å². The van der Waals surface area contributed by atoms with Gasteiger partial charge >= 0.3 is 0 Å². The number of thiazole rings is 1. The number of nitrogens with zero attached hydrogens (tertiary/aromatic N) is 2. The van der Waals surface area contributed by atoms with Crippen LogP contribution in [-0.2, 0) is 24.4 Å². The highest BCUT2D eigenvalue weighted by molar-refractivity contribution is 14.0. The highest BCUT2D eigenvalue weighted by atomic mass is 127. The zero-order valence-corrected chi connectivity index (χ0v) is 18.4. The summed E-state index contributed by atoms with van der Waals surface area (Å²) >= 11 is 1.72. The molecule has 138 valence electrons. The predicted molar refractivity (Wildman–Crippen MR) is 116 cm³/mol. The Balaban J connectivity index is 0.00000312. The first-order valence-corrected chi connectivity index (χ1v) is 8.97. The molecule has 0 atom stereocenters. The molecule has 0 unspecified atom stereocenters. The molecule has 1 heterocycles. The average Bonchev–Trinajstić information content (AvgIpc) is 2.92. The number of guanidine groups is 1. The molecule has 0 bridgehead atoms. The molecule has 7 heteroatoms. The Labute approximate surface area is 171 Å². The van der Waals surface area contributed by atoms with Crippen molar-refractivity contribution in [3.05, 3.63) is 51.0 Å². The van der Waals surface area contributed by atoms with Crippen LogP contribution in [-0.4, -0.2) is 24.6 Å². The fourth-order valence-corrected chi connectivity index (χ4v) is 3.13. The molecule has 0 spiro atoms. The summed E-state index contributed by atoms with van der Waals surface area (Å²) < 4.78 is 5.53. The molecule has 0 aliphatic heterocycles. The van der Waals surface area contributed by atoms with Gasteiger partial charge in [-0.05, 0) is 31.9 Å². The lowest BCUT2D eigenvalue weighted by Crippen LogP contribution is -2.36. The predicted octanol–water partition coefficient (Wildman–Crippen LogP) is 3.78. The van der Waals surface area contributed by atoms with Crippen LogP contribution in [0.5, 0.6) is 0 Å². The van der Waals surface area contributed by atoms with Gasteiger partial charge in [0.05, 0.1) is 18.8 Å². The third-order valence-electron chi connectivity index (χ3n) is 3.73. The smallest absolute Gasteiger partial charge is 0.191 e. The molecular formula is C18H27IN4OS. The molecule has 0 amide bonds. The number of nitrogens with one attached hydrogen (secondary N) is 2. The minimum absolute atomic E-state index is 0. The van der Waals surface area contributed by atoms with E-state index in [9.17, 15) is 0 Å². The summed E-state index contributed by atoms with van der Waals surface area (Å²) in [6.07, 6.45) is 0. The molecule has 0 fully saturated rings. The van der Waals surface area contributed by atoms with Crippen LogP contribution in [0, 0.1) is 13.8 Å². The van der Waals surface area contributed by atoms with E-state index < -0.39 is 0 Å². The number of rotatable bonds is 7. The van der Waals surface area contributed by atoms with E-state index in [2.05, 4.69) is 39.7 Å². The van der Waals surface area contributed by atoms with Gasteiger partial charge in [0.15, 0.2) is 5.96 Å². The molecule has 2 N–H and O–H groups in total. The highest BCUT2D eigenvalue weighted by Gasteiger charge is 2.06. The molecule has 5 nitrogen and oxygen atoms in total.